The van der Waals surface area contributed by atoms with Crippen LogP contribution in [0.4, 0.5) is 5.82 Å². The van der Waals surface area contributed by atoms with Crippen LogP contribution in [0.3, 0.4) is 0 Å². The minimum absolute atomic E-state index is 0.714. The van der Waals surface area contributed by atoms with Gasteiger partial charge in [-0.1, -0.05) is 18.2 Å². The average molecular weight is 393 g/mol. The van der Waals surface area contributed by atoms with Crippen LogP contribution in [0.15, 0.2) is 28.7 Å². The van der Waals surface area contributed by atoms with E-state index in [4.69, 9.17) is 4.42 Å². The van der Waals surface area contributed by atoms with Gasteiger partial charge in [0.15, 0.2) is 5.82 Å². The number of aryl methyl sites for hydroxylation is 2. The molecule has 0 bridgehead atoms. The zero-order chi connectivity index (χ0) is 15.0. The van der Waals surface area contributed by atoms with E-state index in [0.29, 0.717) is 5.82 Å². The summed E-state index contributed by atoms with van der Waals surface area (Å²) in [5, 5.41) is 4.35. The molecule has 4 nitrogen and oxygen atoms in total. The van der Waals surface area contributed by atoms with Crippen molar-refractivity contribution in [1.29, 1.82) is 0 Å². The molecular formula is C16H16IN3O. The number of fused-ring (bicyclic) bond motifs is 1. The monoisotopic (exact) mass is 393 g/mol. The summed E-state index contributed by atoms with van der Waals surface area (Å²) in [6.07, 6.45) is 0. The quantitative estimate of drug-likeness (QED) is 0.664. The van der Waals surface area contributed by atoms with E-state index in [1.54, 1.807) is 0 Å². The van der Waals surface area contributed by atoms with Crippen molar-refractivity contribution in [3.8, 4) is 11.4 Å². The van der Waals surface area contributed by atoms with Gasteiger partial charge in [-0.15, -0.1) is 0 Å². The number of rotatable bonds is 3. The van der Waals surface area contributed by atoms with Gasteiger partial charge in [0.25, 0.3) is 0 Å². The normalized spacial score (nSPS) is 11.0. The molecule has 2 aromatic heterocycles. The number of hydrogen-bond donors (Lipinski definition) is 1. The summed E-state index contributed by atoms with van der Waals surface area (Å²) in [7, 11) is 0. The lowest BCUT2D eigenvalue weighted by atomic mass is 10.1. The smallest absolute Gasteiger partial charge is 0.165 e. The van der Waals surface area contributed by atoms with Crippen LogP contribution in [0.5, 0.6) is 0 Å². The number of nitrogens with one attached hydrogen (secondary N) is 1. The average Bonchev–Trinajstić information content (AvgIpc) is 2.79. The minimum atomic E-state index is 0.714. The number of furan rings is 1. The predicted octanol–water partition coefficient (Wildman–Crippen LogP) is 4.54. The molecule has 0 atom stereocenters. The third kappa shape index (κ3) is 2.50. The Balaban J connectivity index is 2.25. The van der Waals surface area contributed by atoms with Gasteiger partial charge in [-0.3, -0.25) is 0 Å². The van der Waals surface area contributed by atoms with Crippen molar-refractivity contribution in [2.75, 3.05) is 11.9 Å². The van der Waals surface area contributed by atoms with E-state index >= 15 is 0 Å². The molecule has 0 aliphatic rings. The number of aromatic nitrogens is 2. The topological polar surface area (TPSA) is 51.0 Å². The third-order valence-electron chi connectivity index (χ3n) is 3.36. The first kappa shape index (κ1) is 14.3. The Labute approximate surface area is 137 Å². The van der Waals surface area contributed by atoms with Gasteiger partial charge < -0.3 is 9.73 Å². The fourth-order valence-corrected chi connectivity index (χ4v) is 2.83. The molecular weight excluding hydrogens is 377 g/mol. The van der Waals surface area contributed by atoms with Crippen LogP contribution in [-0.4, -0.2) is 16.5 Å². The van der Waals surface area contributed by atoms with Gasteiger partial charge in [-0.05, 0) is 49.4 Å². The van der Waals surface area contributed by atoms with Crippen molar-refractivity contribution in [3.05, 3.63) is 39.3 Å². The molecule has 0 aliphatic heterocycles. The maximum Gasteiger partial charge on any atom is 0.165 e. The van der Waals surface area contributed by atoms with Gasteiger partial charge in [0.2, 0.25) is 0 Å². The largest absolute Gasteiger partial charge is 0.461 e. The highest BCUT2D eigenvalue weighted by Crippen LogP contribution is 2.33. The van der Waals surface area contributed by atoms with Crippen molar-refractivity contribution in [2.45, 2.75) is 20.8 Å². The molecule has 5 heteroatoms. The Bertz CT molecular complexity index is 811. The number of halogens is 1. The number of benzene rings is 1. The first-order valence-electron chi connectivity index (χ1n) is 6.88. The summed E-state index contributed by atoms with van der Waals surface area (Å²) in [5.41, 5.74) is 2.82. The van der Waals surface area contributed by atoms with Crippen LogP contribution in [0.2, 0.25) is 0 Å². The molecule has 0 aliphatic carbocycles. The second-order valence-electron chi connectivity index (χ2n) is 4.85. The predicted molar refractivity (Wildman–Crippen MR) is 93.6 cm³/mol. The van der Waals surface area contributed by atoms with Crippen molar-refractivity contribution in [3.63, 3.8) is 0 Å². The number of hydrogen-bond acceptors (Lipinski definition) is 4. The van der Waals surface area contributed by atoms with Crippen LogP contribution in [0.25, 0.3) is 22.4 Å². The molecule has 2 heterocycles. The highest BCUT2D eigenvalue weighted by molar-refractivity contribution is 14.1. The zero-order valence-corrected chi connectivity index (χ0v) is 14.4. The van der Waals surface area contributed by atoms with Gasteiger partial charge in [-0.25, -0.2) is 9.97 Å². The molecule has 0 amide bonds. The Morgan fingerprint density at radius 2 is 1.95 bits per heavy atom. The number of anilines is 1. The number of para-hydroxylation sites is 1. The van der Waals surface area contributed by atoms with Gasteiger partial charge in [-0.2, -0.15) is 0 Å². The summed E-state index contributed by atoms with van der Waals surface area (Å²) >= 11 is 2.28. The van der Waals surface area contributed by atoms with Crippen molar-refractivity contribution < 1.29 is 4.42 Å². The van der Waals surface area contributed by atoms with Crippen LogP contribution in [0.1, 0.15) is 18.4 Å². The zero-order valence-electron chi connectivity index (χ0n) is 12.2. The maximum absolute atomic E-state index is 5.82. The fourth-order valence-electron chi connectivity index (χ4n) is 2.40. The molecule has 0 saturated carbocycles. The Morgan fingerprint density at radius 1 is 1.19 bits per heavy atom. The molecule has 0 radical (unpaired) electrons. The van der Waals surface area contributed by atoms with E-state index in [-0.39, 0.29) is 0 Å². The van der Waals surface area contributed by atoms with Crippen molar-refractivity contribution in [1.82, 2.24) is 9.97 Å². The molecule has 0 fully saturated rings. The lowest BCUT2D eigenvalue weighted by Gasteiger charge is -2.10. The van der Waals surface area contributed by atoms with Gasteiger partial charge in [0.1, 0.15) is 17.2 Å². The maximum atomic E-state index is 5.82. The summed E-state index contributed by atoms with van der Waals surface area (Å²) in [4.78, 5) is 9.34. The summed E-state index contributed by atoms with van der Waals surface area (Å²) in [6.45, 7) is 6.85. The Morgan fingerprint density at radius 3 is 2.71 bits per heavy atom. The van der Waals surface area contributed by atoms with Crippen LogP contribution >= 0.6 is 22.6 Å². The second kappa shape index (κ2) is 5.63. The van der Waals surface area contributed by atoms with Crippen LogP contribution in [-0.2, 0) is 0 Å². The molecule has 1 aromatic carbocycles. The third-order valence-corrected chi connectivity index (χ3v) is 4.65. The molecule has 21 heavy (non-hydrogen) atoms. The molecule has 1 N–H and O–H groups in total. The minimum Gasteiger partial charge on any atom is -0.461 e. The summed E-state index contributed by atoms with van der Waals surface area (Å²) in [5.74, 6) is 2.44. The lowest BCUT2D eigenvalue weighted by molar-refractivity contribution is 0.579. The van der Waals surface area contributed by atoms with E-state index in [1.807, 2.05) is 38.1 Å². The first-order chi connectivity index (χ1) is 10.1. The molecule has 3 rings (SSSR count). The highest BCUT2D eigenvalue weighted by Gasteiger charge is 2.17. The SMILES string of the molecule is CCNc1nc(-c2c(C)oc3ccccc23)nc(C)c1I. The summed E-state index contributed by atoms with van der Waals surface area (Å²) in [6, 6.07) is 7.99. The fraction of sp³-hybridized carbons (Fsp3) is 0.250. The van der Waals surface area contributed by atoms with Gasteiger partial charge in [0.05, 0.1) is 14.8 Å². The van der Waals surface area contributed by atoms with Crippen LogP contribution in [0, 0.1) is 17.4 Å². The molecule has 0 spiro atoms. The lowest BCUT2D eigenvalue weighted by Crippen LogP contribution is -2.06. The Hall–Kier alpha value is -1.63. The molecule has 3 aromatic rings. The molecule has 108 valence electrons. The van der Waals surface area contributed by atoms with E-state index in [0.717, 1.165) is 43.9 Å². The number of nitrogens with zero attached hydrogens (tertiary/aromatic N) is 2. The Kier molecular flexibility index (Phi) is 3.84. The summed E-state index contributed by atoms with van der Waals surface area (Å²) < 4.78 is 6.88. The van der Waals surface area contributed by atoms with E-state index in [9.17, 15) is 0 Å². The standard InChI is InChI=1S/C16H16IN3O/c1-4-18-16-14(17)9(2)19-15(20-16)13-10(3)21-12-8-6-5-7-11(12)13/h5-8H,4H2,1-3H3,(H,18,19,20). The van der Waals surface area contributed by atoms with E-state index in [2.05, 4.69) is 44.8 Å². The van der Waals surface area contributed by atoms with Crippen LogP contribution < -0.4 is 5.32 Å². The van der Waals surface area contributed by atoms with Gasteiger partial charge in [0, 0.05) is 11.9 Å². The van der Waals surface area contributed by atoms with E-state index < -0.39 is 0 Å². The van der Waals surface area contributed by atoms with E-state index in [1.165, 1.54) is 0 Å². The van der Waals surface area contributed by atoms with Crippen molar-refractivity contribution >= 4 is 39.4 Å². The first-order valence-corrected chi connectivity index (χ1v) is 7.96. The highest BCUT2D eigenvalue weighted by atomic mass is 127. The molecule has 0 saturated heterocycles. The van der Waals surface area contributed by atoms with Gasteiger partial charge >= 0.3 is 0 Å². The van der Waals surface area contributed by atoms with Crippen molar-refractivity contribution in [2.24, 2.45) is 0 Å². The molecule has 0 unspecified atom stereocenters. The second-order valence-corrected chi connectivity index (χ2v) is 5.93.